The van der Waals surface area contributed by atoms with Crippen LogP contribution in [0.3, 0.4) is 0 Å². The van der Waals surface area contributed by atoms with Gasteiger partial charge in [0.25, 0.3) is 0 Å². The smallest absolute Gasteiger partial charge is 0.208 e. The number of hydrogen-bond acceptors (Lipinski definition) is 4. The number of ether oxygens (including phenoxy) is 1. The maximum atomic E-state index is 5.59. The molecule has 0 saturated heterocycles. The molecule has 1 N–H and O–H groups in total. The van der Waals surface area contributed by atoms with Crippen molar-refractivity contribution in [2.45, 2.75) is 45.2 Å². The molecule has 90 valence electrons. The third kappa shape index (κ3) is 3.94. The van der Waals surface area contributed by atoms with E-state index in [1.807, 2.05) is 0 Å². The van der Waals surface area contributed by atoms with Crippen LogP contribution in [0.5, 0.6) is 0 Å². The first kappa shape index (κ1) is 11.6. The minimum Gasteiger partial charge on any atom is -0.444 e. The monoisotopic (exact) mass is 224 g/mol. The number of oxazole rings is 1. The quantitative estimate of drug-likeness (QED) is 0.685. The van der Waals surface area contributed by atoms with Crippen molar-refractivity contribution in [2.24, 2.45) is 0 Å². The van der Waals surface area contributed by atoms with E-state index in [4.69, 9.17) is 9.15 Å². The average Bonchev–Trinajstić information content (AvgIpc) is 3.02. The number of aromatic nitrogens is 1. The highest BCUT2D eigenvalue weighted by molar-refractivity contribution is 4.95. The summed E-state index contributed by atoms with van der Waals surface area (Å²) in [5, 5.41) is 3.38. The number of hydrogen-bond donors (Lipinski definition) is 1. The van der Waals surface area contributed by atoms with E-state index in [-0.39, 0.29) is 0 Å². The first-order valence-corrected chi connectivity index (χ1v) is 6.13. The summed E-state index contributed by atoms with van der Waals surface area (Å²) in [5.74, 6) is 1.71. The van der Waals surface area contributed by atoms with Crippen molar-refractivity contribution < 1.29 is 9.15 Å². The topological polar surface area (TPSA) is 47.3 Å². The SMILES string of the molecule is CCCOCCc1cnc(CNC2CC2)o1. The van der Waals surface area contributed by atoms with Gasteiger partial charge >= 0.3 is 0 Å². The van der Waals surface area contributed by atoms with Crippen molar-refractivity contribution in [3.05, 3.63) is 17.8 Å². The Bertz CT molecular complexity index is 308. The fourth-order valence-corrected chi connectivity index (χ4v) is 1.48. The highest BCUT2D eigenvalue weighted by Gasteiger charge is 2.20. The first-order valence-electron chi connectivity index (χ1n) is 6.13. The van der Waals surface area contributed by atoms with Gasteiger partial charge in [0, 0.05) is 19.1 Å². The molecule has 1 heterocycles. The van der Waals surface area contributed by atoms with E-state index in [9.17, 15) is 0 Å². The minimum atomic E-state index is 0.697. The molecule has 1 aliphatic rings. The molecule has 0 aliphatic heterocycles. The summed E-state index contributed by atoms with van der Waals surface area (Å²) >= 11 is 0. The van der Waals surface area contributed by atoms with Crippen molar-refractivity contribution in [1.29, 1.82) is 0 Å². The van der Waals surface area contributed by atoms with Crippen molar-refractivity contribution in [3.8, 4) is 0 Å². The molecule has 1 fully saturated rings. The second-order valence-electron chi connectivity index (χ2n) is 4.24. The largest absolute Gasteiger partial charge is 0.444 e. The fraction of sp³-hybridized carbons (Fsp3) is 0.750. The van der Waals surface area contributed by atoms with Gasteiger partial charge < -0.3 is 14.5 Å². The molecule has 4 heteroatoms. The van der Waals surface area contributed by atoms with Crippen molar-refractivity contribution >= 4 is 0 Å². The lowest BCUT2D eigenvalue weighted by molar-refractivity contribution is 0.134. The van der Waals surface area contributed by atoms with Crippen molar-refractivity contribution in [3.63, 3.8) is 0 Å². The van der Waals surface area contributed by atoms with E-state index in [0.29, 0.717) is 6.04 Å². The Kier molecular flexibility index (Phi) is 4.36. The predicted molar refractivity (Wildman–Crippen MR) is 61.2 cm³/mol. The van der Waals surface area contributed by atoms with Crippen LogP contribution in [0.4, 0.5) is 0 Å². The van der Waals surface area contributed by atoms with Gasteiger partial charge in [-0.2, -0.15) is 0 Å². The molecule has 4 nitrogen and oxygen atoms in total. The van der Waals surface area contributed by atoms with E-state index in [0.717, 1.165) is 44.3 Å². The van der Waals surface area contributed by atoms with Crippen LogP contribution in [0.15, 0.2) is 10.6 Å². The summed E-state index contributed by atoms with van der Waals surface area (Å²) in [4.78, 5) is 4.23. The highest BCUT2D eigenvalue weighted by Crippen LogP contribution is 2.19. The third-order valence-corrected chi connectivity index (χ3v) is 2.56. The molecule has 0 spiro atoms. The molecule has 1 aromatic rings. The second-order valence-corrected chi connectivity index (χ2v) is 4.24. The Morgan fingerprint density at radius 2 is 2.38 bits per heavy atom. The Labute approximate surface area is 96.4 Å². The van der Waals surface area contributed by atoms with Gasteiger partial charge in [0.2, 0.25) is 5.89 Å². The highest BCUT2D eigenvalue weighted by atomic mass is 16.5. The maximum Gasteiger partial charge on any atom is 0.208 e. The van der Waals surface area contributed by atoms with Gasteiger partial charge in [-0.15, -0.1) is 0 Å². The molecule has 0 aromatic carbocycles. The van der Waals surface area contributed by atoms with Crippen molar-refractivity contribution in [1.82, 2.24) is 10.3 Å². The van der Waals surface area contributed by atoms with Crippen LogP contribution in [0.1, 0.15) is 37.8 Å². The van der Waals surface area contributed by atoms with Gasteiger partial charge in [-0.1, -0.05) is 6.92 Å². The Hall–Kier alpha value is -0.870. The summed E-state index contributed by atoms with van der Waals surface area (Å²) in [5.41, 5.74) is 0. The first-order chi connectivity index (χ1) is 7.88. The molecule has 16 heavy (non-hydrogen) atoms. The zero-order valence-corrected chi connectivity index (χ0v) is 9.87. The molecule has 1 aliphatic carbocycles. The van der Waals surface area contributed by atoms with E-state index < -0.39 is 0 Å². The summed E-state index contributed by atoms with van der Waals surface area (Å²) in [7, 11) is 0. The molecule has 1 saturated carbocycles. The molecule has 0 atom stereocenters. The zero-order valence-electron chi connectivity index (χ0n) is 9.87. The molecular formula is C12H20N2O2. The lowest BCUT2D eigenvalue weighted by atomic mass is 10.4. The summed E-state index contributed by atoms with van der Waals surface area (Å²) in [6.45, 7) is 4.40. The van der Waals surface area contributed by atoms with Crippen LogP contribution >= 0.6 is 0 Å². The van der Waals surface area contributed by atoms with Crippen LogP contribution in [0.2, 0.25) is 0 Å². The third-order valence-electron chi connectivity index (χ3n) is 2.56. The lowest BCUT2D eigenvalue weighted by Crippen LogP contribution is -2.15. The van der Waals surface area contributed by atoms with Crippen LogP contribution in [0.25, 0.3) is 0 Å². The number of nitrogens with zero attached hydrogens (tertiary/aromatic N) is 1. The van der Waals surface area contributed by atoms with Crippen LogP contribution in [-0.2, 0) is 17.7 Å². The summed E-state index contributed by atoms with van der Waals surface area (Å²) in [6.07, 6.45) is 6.26. The average molecular weight is 224 g/mol. The predicted octanol–water partition coefficient (Wildman–Crippen LogP) is 1.90. The van der Waals surface area contributed by atoms with E-state index in [2.05, 4.69) is 17.2 Å². The molecule has 1 aromatic heterocycles. The molecule has 0 bridgehead atoms. The summed E-state index contributed by atoms with van der Waals surface area (Å²) < 4.78 is 11.0. The van der Waals surface area contributed by atoms with Gasteiger partial charge in [0.05, 0.1) is 19.3 Å². The van der Waals surface area contributed by atoms with Crippen molar-refractivity contribution in [2.75, 3.05) is 13.2 Å². The molecular weight excluding hydrogens is 204 g/mol. The normalized spacial score (nSPS) is 15.6. The molecule has 0 amide bonds. The van der Waals surface area contributed by atoms with Crippen LogP contribution in [0, 0.1) is 0 Å². The van der Waals surface area contributed by atoms with Gasteiger partial charge in [-0.05, 0) is 19.3 Å². The van der Waals surface area contributed by atoms with Gasteiger partial charge in [0.1, 0.15) is 5.76 Å². The summed E-state index contributed by atoms with van der Waals surface area (Å²) in [6, 6.07) is 0.697. The Morgan fingerprint density at radius 1 is 1.50 bits per heavy atom. The van der Waals surface area contributed by atoms with Gasteiger partial charge in [0.15, 0.2) is 0 Å². The number of rotatable bonds is 8. The fourth-order valence-electron chi connectivity index (χ4n) is 1.48. The lowest BCUT2D eigenvalue weighted by Gasteiger charge is -1.99. The van der Waals surface area contributed by atoms with Crippen LogP contribution in [-0.4, -0.2) is 24.2 Å². The van der Waals surface area contributed by atoms with E-state index in [1.54, 1.807) is 6.20 Å². The van der Waals surface area contributed by atoms with E-state index in [1.165, 1.54) is 12.8 Å². The molecule has 0 radical (unpaired) electrons. The molecule has 0 unspecified atom stereocenters. The standard InChI is InChI=1S/C12H20N2O2/c1-2-6-15-7-5-11-8-14-12(16-11)9-13-10-3-4-10/h8,10,13H,2-7,9H2,1H3. The maximum absolute atomic E-state index is 5.59. The number of nitrogens with one attached hydrogen (secondary N) is 1. The zero-order chi connectivity index (χ0) is 11.2. The Balaban J connectivity index is 1.64. The van der Waals surface area contributed by atoms with E-state index >= 15 is 0 Å². The van der Waals surface area contributed by atoms with Gasteiger partial charge in [-0.3, -0.25) is 0 Å². The minimum absolute atomic E-state index is 0.697. The molecule has 2 rings (SSSR count). The Morgan fingerprint density at radius 3 is 3.12 bits per heavy atom. The van der Waals surface area contributed by atoms with Crippen LogP contribution < -0.4 is 5.32 Å². The second kappa shape index (κ2) is 6.01. The van der Waals surface area contributed by atoms with Gasteiger partial charge in [-0.25, -0.2) is 4.98 Å².